The standard InChI is InChI=1S/C15H13NO6/c1-7-3-5-9(6-4-7)16-13(19)11-12(18)10(8(2)17)14(20)22-15(11)21/h3-6,18,21H,1-2H3,(H,16,19). The van der Waals surface area contributed by atoms with Crippen molar-refractivity contribution >= 4 is 17.4 Å². The lowest BCUT2D eigenvalue weighted by molar-refractivity contribution is 0.100. The van der Waals surface area contributed by atoms with E-state index in [0.29, 0.717) is 5.69 Å². The zero-order valence-corrected chi connectivity index (χ0v) is 11.8. The summed E-state index contributed by atoms with van der Waals surface area (Å²) >= 11 is 0. The van der Waals surface area contributed by atoms with Gasteiger partial charge in [-0.1, -0.05) is 17.7 Å². The number of ketones is 1. The molecular weight excluding hydrogens is 290 g/mol. The van der Waals surface area contributed by atoms with E-state index in [4.69, 9.17) is 0 Å². The zero-order chi connectivity index (χ0) is 16.4. The number of amides is 1. The van der Waals surface area contributed by atoms with Crippen LogP contribution in [0.25, 0.3) is 0 Å². The fraction of sp³-hybridized carbons (Fsp3) is 0.133. The van der Waals surface area contributed by atoms with Gasteiger partial charge in [-0.2, -0.15) is 0 Å². The van der Waals surface area contributed by atoms with Gasteiger partial charge in [0.05, 0.1) is 0 Å². The number of hydrogen-bond acceptors (Lipinski definition) is 6. The highest BCUT2D eigenvalue weighted by Crippen LogP contribution is 2.29. The molecule has 7 nitrogen and oxygen atoms in total. The summed E-state index contributed by atoms with van der Waals surface area (Å²) in [4.78, 5) is 34.9. The van der Waals surface area contributed by atoms with Crippen LogP contribution in [-0.4, -0.2) is 21.9 Å². The second kappa shape index (κ2) is 5.72. The number of aromatic hydroxyl groups is 2. The number of benzene rings is 1. The Bertz CT molecular complexity index is 804. The van der Waals surface area contributed by atoms with Crippen molar-refractivity contribution in [3.8, 4) is 11.7 Å². The van der Waals surface area contributed by atoms with E-state index in [0.717, 1.165) is 12.5 Å². The molecule has 0 unspecified atom stereocenters. The summed E-state index contributed by atoms with van der Waals surface area (Å²) in [7, 11) is 0. The van der Waals surface area contributed by atoms with E-state index < -0.39 is 40.1 Å². The predicted octanol–water partition coefficient (Wildman–Crippen LogP) is 1.81. The van der Waals surface area contributed by atoms with E-state index in [1.54, 1.807) is 24.3 Å². The number of aryl methyl sites for hydroxylation is 1. The molecule has 0 saturated carbocycles. The second-order valence-electron chi connectivity index (χ2n) is 4.67. The van der Waals surface area contributed by atoms with E-state index in [-0.39, 0.29) is 0 Å². The minimum Gasteiger partial charge on any atom is -0.506 e. The lowest BCUT2D eigenvalue weighted by Gasteiger charge is -2.09. The SMILES string of the molecule is CC(=O)c1c(O)c(C(=O)Nc2ccc(C)cc2)c(O)oc1=O. The molecule has 2 aromatic rings. The van der Waals surface area contributed by atoms with Crippen molar-refractivity contribution in [1.82, 2.24) is 0 Å². The quantitative estimate of drug-likeness (QED) is 0.744. The van der Waals surface area contributed by atoms with Gasteiger partial charge in [0.1, 0.15) is 5.56 Å². The Morgan fingerprint density at radius 2 is 1.68 bits per heavy atom. The third-order valence-corrected chi connectivity index (χ3v) is 2.97. The molecular formula is C15H13NO6. The molecule has 1 heterocycles. The highest BCUT2D eigenvalue weighted by Gasteiger charge is 2.26. The van der Waals surface area contributed by atoms with Gasteiger partial charge in [0, 0.05) is 5.69 Å². The van der Waals surface area contributed by atoms with Crippen LogP contribution in [-0.2, 0) is 0 Å². The first kappa shape index (κ1) is 15.3. The maximum absolute atomic E-state index is 12.1. The molecule has 114 valence electrons. The molecule has 0 aliphatic carbocycles. The number of anilines is 1. The van der Waals surface area contributed by atoms with Crippen molar-refractivity contribution in [2.75, 3.05) is 5.32 Å². The van der Waals surface area contributed by atoms with Gasteiger partial charge >= 0.3 is 11.6 Å². The van der Waals surface area contributed by atoms with Crippen LogP contribution in [0.5, 0.6) is 11.7 Å². The average molecular weight is 303 g/mol. The summed E-state index contributed by atoms with van der Waals surface area (Å²) in [5.74, 6) is -3.66. The predicted molar refractivity (Wildman–Crippen MR) is 77.4 cm³/mol. The Labute approximate surface area is 124 Å². The Morgan fingerprint density at radius 1 is 1.09 bits per heavy atom. The zero-order valence-electron chi connectivity index (χ0n) is 11.8. The number of carbonyl (C=O) groups is 2. The van der Waals surface area contributed by atoms with Gasteiger partial charge in [0.2, 0.25) is 0 Å². The lowest BCUT2D eigenvalue weighted by atomic mass is 10.1. The number of Topliss-reactive ketones (excluding diaryl/α,β-unsaturated/α-hetero) is 1. The first-order valence-electron chi connectivity index (χ1n) is 6.29. The molecule has 3 N–H and O–H groups in total. The van der Waals surface area contributed by atoms with Gasteiger partial charge in [-0.25, -0.2) is 4.79 Å². The molecule has 0 fully saturated rings. The second-order valence-corrected chi connectivity index (χ2v) is 4.67. The van der Waals surface area contributed by atoms with E-state index >= 15 is 0 Å². The molecule has 0 saturated heterocycles. The molecule has 1 amide bonds. The first-order chi connectivity index (χ1) is 10.3. The molecule has 0 atom stereocenters. The van der Waals surface area contributed by atoms with Gasteiger partial charge in [-0.15, -0.1) is 0 Å². The molecule has 2 rings (SSSR count). The molecule has 22 heavy (non-hydrogen) atoms. The summed E-state index contributed by atoms with van der Waals surface area (Å²) in [6, 6.07) is 6.74. The van der Waals surface area contributed by atoms with Gasteiger partial charge in [-0.3, -0.25) is 9.59 Å². The van der Waals surface area contributed by atoms with Crippen molar-refractivity contribution in [2.24, 2.45) is 0 Å². The minimum atomic E-state index is -1.21. The summed E-state index contributed by atoms with van der Waals surface area (Å²) in [5.41, 5.74) is -1.19. The molecule has 0 radical (unpaired) electrons. The van der Waals surface area contributed by atoms with Crippen LogP contribution in [0, 0.1) is 6.92 Å². The third kappa shape index (κ3) is 2.83. The lowest BCUT2D eigenvalue weighted by Crippen LogP contribution is -2.18. The molecule has 1 aromatic heterocycles. The number of nitrogens with one attached hydrogen (secondary N) is 1. The Morgan fingerprint density at radius 3 is 2.23 bits per heavy atom. The highest BCUT2D eigenvalue weighted by atomic mass is 16.5. The number of rotatable bonds is 3. The molecule has 0 aliphatic heterocycles. The summed E-state index contributed by atoms with van der Waals surface area (Å²) in [5, 5.41) is 21.9. The molecule has 0 aliphatic rings. The smallest absolute Gasteiger partial charge is 0.353 e. The highest BCUT2D eigenvalue weighted by molar-refractivity contribution is 6.10. The number of carbonyl (C=O) groups excluding carboxylic acids is 2. The first-order valence-corrected chi connectivity index (χ1v) is 6.29. The Kier molecular flexibility index (Phi) is 3.98. The Balaban J connectivity index is 2.45. The largest absolute Gasteiger partial charge is 0.506 e. The van der Waals surface area contributed by atoms with E-state index in [2.05, 4.69) is 9.73 Å². The molecule has 0 spiro atoms. The maximum atomic E-state index is 12.1. The van der Waals surface area contributed by atoms with Gasteiger partial charge in [0.15, 0.2) is 17.1 Å². The van der Waals surface area contributed by atoms with Crippen LogP contribution in [0.4, 0.5) is 5.69 Å². The van der Waals surface area contributed by atoms with Crippen LogP contribution in [0.15, 0.2) is 33.5 Å². The fourth-order valence-corrected chi connectivity index (χ4v) is 1.86. The van der Waals surface area contributed by atoms with Crippen LogP contribution >= 0.6 is 0 Å². The normalized spacial score (nSPS) is 10.3. The van der Waals surface area contributed by atoms with Crippen LogP contribution in [0.1, 0.15) is 33.2 Å². The average Bonchev–Trinajstić information content (AvgIpc) is 2.40. The van der Waals surface area contributed by atoms with Crippen molar-refractivity contribution in [1.29, 1.82) is 0 Å². The Hall–Kier alpha value is -3.09. The van der Waals surface area contributed by atoms with Crippen molar-refractivity contribution in [2.45, 2.75) is 13.8 Å². The maximum Gasteiger partial charge on any atom is 0.353 e. The van der Waals surface area contributed by atoms with Crippen LogP contribution in [0.3, 0.4) is 0 Å². The van der Waals surface area contributed by atoms with Crippen LogP contribution < -0.4 is 10.9 Å². The summed E-state index contributed by atoms with van der Waals surface area (Å²) in [6.07, 6.45) is 0. The monoisotopic (exact) mass is 303 g/mol. The topological polar surface area (TPSA) is 117 Å². The van der Waals surface area contributed by atoms with E-state index in [1.165, 1.54) is 0 Å². The molecule has 0 bridgehead atoms. The van der Waals surface area contributed by atoms with E-state index in [1.807, 2.05) is 6.92 Å². The third-order valence-electron chi connectivity index (χ3n) is 2.97. The van der Waals surface area contributed by atoms with Gasteiger partial charge in [-0.05, 0) is 26.0 Å². The van der Waals surface area contributed by atoms with Gasteiger partial charge < -0.3 is 19.9 Å². The molecule has 1 aromatic carbocycles. The van der Waals surface area contributed by atoms with Gasteiger partial charge in [0.25, 0.3) is 5.91 Å². The molecule has 7 heteroatoms. The van der Waals surface area contributed by atoms with E-state index in [9.17, 15) is 24.6 Å². The van der Waals surface area contributed by atoms with Crippen molar-refractivity contribution in [3.05, 3.63) is 51.4 Å². The van der Waals surface area contributed by atoms with Crippen molar-refractivity contribution in [3.63, 3.8) is 0 Å². The fourth-order valence-electron chi connectivity index (χ4n) is 1.86. The van der Waals surface area contributed by atoms with Crippen LogP contribution in [0.2, 0.25) is 0 Å². The number of hydrogen-bond donors (Lipinski definition) is 3. The van der Waals surface area contributed by atoms with Crippen molar-refractivity contribution < 1.29 is 24.2 Å². The summed E-state index contributed by atoms with van der Waals surface area (Å²) in [6.45, 7) is 2.90. The minimum absolute atomic E-state index is 0.407. The summed E-state index contributed by atoms with van der Waals surface area (Å²) < 4.78 is 4.42.